The van der Waals surface area contributed by atoms with Gasteiger partial charge in [0.1, 0.15) is 5.75 Å². The standard InChI is InChI=1S/C16H14N2O/c1-11-3-2-4-14-15(9-10-17-16(11)14)18-12-5-7-13(19)8-6-12/h2-10,19H,1H3,(H,17,18). The van der Waals surface area contributed by atoms with Gasteiger partial charge in [-0.1, -0.05) is 18.2 Å². The van der Waals surface area contributed by atoms with Crippen molar-refractivity contribution in [3.8, 4) is 5.75 Å². The molecule has 3 nitrogen and oxygen atoms in total. The first kappa shape index (κ1) is 11.5. The lowest BCUT2D eigenvalue weighted by atomic mass is 10.1. The van der Waals surface area contributed by atoms with Gasteiger partial charge in [0.15, 0.2) is 0 Å². The molecule has 0 aliphatic rings. The van der Waals surface area contributed by atoms with Crippen LogP contribution in [-0.4, -0.2) is 10.1 Å². The molecule has 2 N–H and O–H groups in total. The molecular weight excluding hydrogens is 236 g/mol. The quantitative estimate of drug-likeness (QED) is 0.676. The smallest absolute Gasteiger partial charge is 0.115 e. The number of pyridine rings is 1. The fourth-order valence-electron chi connectivity index (χ4n) is 2.13. The number of anilines is 2. The number of rotatable bonds is 2. The van der Waals surface area contributed by atoms with Crippen LogP contribution < -0.4 is 5.32 Å². The van der Waals surface area contributed by atoms with E-state index >= 15 is 0 Å². The molecule has 0 amide bonds. The van der Waals surface area contributed by atoms with Gasteiger partial charge in [-0.05, 0) is 42.8 Å². The highest BCUT2D eigenvalue weighted by atomic mass is 16.3. The highest BCUT2D eigenvalue weighted by molar-refractivity contribution is 5.94. The molecule has 0 spiro atoms. The Kier molecular flexibility index (Phi) is 2.80. The van der Waals surface area contributed by atoms with Gasteiger partial charge < -0.3 is 10.4 Å². The summed E-state index contributed by atoms with van der Waals surface area (Å²) in [5, 5.41) is 13.7. The van der Waals surface area contributed by atoms with Crippen LogP contribution >= 0.6 is 0 Å². The van der Waals surface area contributed by atoms with Crippen molar-refractivity contribution < 1.29 is 5.11 Å². The van der Waals surface area contributed by atoms with Crippen LogP contribution in [0.25, 0.3) is 10.9 Å². The molecule has 3 rings (SSSR count). The number of phenols is 1. The van der Waals surface area contributed by atoms with Crippen LogP contribution in [0.5, 0.6) is 5.75 Å². The Morgan fingerprint density at radius 3 is 2.58 bits per heavy atom. The lowest BCUT2D eigenvalue weighted by Crippen LogP contribution is -1.93. The number of nitrogens with one attached hydrogen (secondary N) is 1. The van der Waals surface area contributed by atoms with Crippen LogP contribution in [0.15, 0.2) is 54.7 Å². The fourth-order valence-corrected chi connectivity index (χ4v) is 2.13. The number of para-hydroxylation sites is 1. The fraction of sp³-hybridized carbons (Fsp3) is 0.0625. The molecule has 0 saturated carbocycles. The molecular formula is C16H14N2O. The molecule has 2 aromatic carbocycles. The molecule has 0 atom stereocenters. The Balaban J connectivity index is 2.06. The maximum absolute atomic E-state index is 9.29. The Bertz CT molecular complexity index is 720. The average molecular weight is 250 g/mol. The number of phenolic OH excluding ortho intramolecular Hbond substituents is 1. The maximum atomic E-state index is 9.29. The maximum Gasteiger partial charge on any atom is 0.115 e. The van der Waals surface area contributed by atoms with E-state index in [1.165, 1.54) is 0 Å². The SMILES string of the molecule is Cc1cccc2c(Nc3ccc(O)cc3)ccnc12. The zero-order chi connectivity index (χ0) is 13.2. The first-order chi connectivity index (χ1) is 9.24. The first-order valence-corrected chi connectivity index (χ1v) is 6.14. The number of hydrogen-bond donors (Lipinski definition) is 2. The van der Waals surface area contributed by atoms with Gasteiger partial charge in [-0.2, -0.15) is 0 Å². The second-order valence-corrected chi connectivity index (χ2v) is 4.50. The molecule has 0 unspecified atom stereocenters. The monoisotopic (exact) mass is 250 g/mol. The third kappa shape index (κ3) is 2.22. The zero-order valence-electron chi connectivity index (χ0n) is 10.6. The summed E-state index contributed by atoms with van der Waals surface area (Å²) in [5.41, 5.74) is 4.12. The van der Waals surface area contributed by atoms with E-state index in [1.54, 1.807) is 18.3 Å². The molecule has 94 valence electrons. The van der Waals surface area contributed by atoms with Gasteiger partial charge in [-0.25, -0.2) is 0 Å². The number of benzene rings is 2. The van der Waals surface area contributed by atoms with E-state index in [0.717, 1.165) is 27.8 Å². The highest BCUT2D eigenvalue weighted by Crippen LogP contribution is 2.27. The Morgan fingerprint density at radius 1 is 1.00 bits per heavy atom. The molecule has 0 radical (unpaired) electrons. The summed E-state index contributed by atoms with van der Waals surface area (Å²) < 4.78 is 0. The molecule has 1 aromatic heterocycles. The van der Waals surface area contributed by atoms with Crippen molar-refractivity contribution >= 4 is 22.3 Å². The molecule has 3 aromatic rings. The van der Waals surface area contributed by atoms with E-state index in [-0.39, 0.29) is 5.75 Å². The van der Waals surface area contributed by atoms with Crippen LogP contribution in [0, 0.1) is 6.92 Å². The van der Waals surface area contributed by atoms with Gasteiger partial charge in [0, 0.05) is 23.0 Å². The first-order valence-electron chi connectivity index (χ1n) is 6.14. The third-order valence-corrected chi connectivity index (χ3v) is 3.12. The van der Waals surface area contributed by atoms with E-state index in [2.05, 4.69) is 29.4 Å². The van der Waals surface area contributed by atoms with Crippen LogP contribution in [-0.2, 0) is 0 Å². The third-order valence-electron chi connectivity index (χ3n) is 3.12. The van der Waals surface area contributed by atoms with E-state index in [4.69, 9.17) is 0 Å². The Morgan fingerprint density at radius 2 is 1.79 bits per heavy atom. The summed E-state index contributed by atoms with van der Waals surface area (Å²) >= 11 is 0. The van der Waals surface area contributed by atoms with E-state index in [9.17, 15) is 5.11 Å². The van der Waals surface area contributed by atoms with Crippen molar-refractivity contribution in [1.82, 2.24) is 4.98 Å². The molecule has 3 heteroatoms. The molecule has 0 saturated heterocycles. The second kappa shape index (κ2) is 4.61. The summed E-state index contributed by atoms with van der Waals surface area (Å²) in [6.07, 6.45) is 1.80. The number of aromatic nitrogens is 1. The van der Waals surface area contributed by atoms with Gasteiger partial charge in [-0.15, -0.1) is 0 Å². The summed E-state index contributed by atoms with van der Waals surface area (Å²) in [6, 6.07) is 15.1. The minimum atomic E-state index is 0.265. The van der Waals surface area contributed by atoms with Crippen LogP contribution in [0.2, 0.25) is 0 Å². The number of hydrogen-bond acceptors (Lipinski definition) is 3. The van der Waals surface area contributed by atoms with E-state index in [1.807, 2.05) is 24.3 Å². The predicted octanol–water partition coefficient (Wildman–Crippen LogP) is 3.99. The largest absolute Gasteiger partial charge is 0.508 e. The van der Waals surface area contributed by atoms with Crippen molar-refractivity contribution in [3.05, 3.63) is 60.3 Å². The topological polar surface area (TPSA) is 45.1 Å². The van der Waals surface area contributed by atoms with Crippen molar-refractivity contribution in [2.24, 2.45) is 0 Å². The van der Waals surface area contributed by atoms with Gasteiger partial charge in [0.25, 0.3) is 0 Å². The van der Waals surface area contributed by atoms with E-state index in [0.29, 0.717) is 0 Å². The van der Waals surface area contributed by atoms with E-state index < -0.39 is 0 Å². The molecule has 0 fully saturated rings. The highest BCUT2D eigenvalue weighted by Gasteiger charge is 2.04. The van der Waals surface area contributed by atoms with Crippen molar-refractivity contribution in [2.75, 3.05) is 5.32 Å². The Hall–Kier alpha value is -2.55. The minimum absolute atomic E-state index is 0.265. The number of fused-ring (bicyclic) bond motifs is 1. The van der Waals surface area contributed by atoms with Gasteiger partial charge in [-0.3, -0.25) is 4.98 Å². The molecule has 1 heterocycles. The average Bonchev–Trinajstić information content (AvgIpc) is 2.43. The summed E-state index contributed by atoms with van der Waals surface area (Å²) in [4.78, 5) is 4.42. The van der Waals surface area contributed by atoms with Gasteiger partial charge in [0.05, 0.1) is 5.52 Å². The van der Waals surface area contributed by atoms with Crippen LogP contribution in [0.1, 0.15) is 5.56 Å². The van der Waals surface area contributed by atoms with Crippen LogP contribution in [0.3, 0.4) is 0 Å². The second-order valence-electron chi connectivity index (χ2n) is 4.50. The zero-order valence-corrected chi connectivity index (χ0v) is 10.6. The predicted molar refractivity (Wildman–Crippen MR) is 77.9 cm³/mol. The lowest BCUT2D eigenvalue weighted by molar-refractivity contribution is 0.475. The molecule has 0 aliphatic carbocycles. The molecule has 0 aliphatic heterocycles. The lowest BCUT2D eigenvalue weighted by Gasteiger charge is -2.10. The van der Waals surface area contributed by atoms with Gasteiger partial charge in [0.2, 0.25) is 0 Å². The summed E-state index contributed by atoms with van der Waals surface area (Å²) in [6.45, 7) is 2.06. The van der Waals surface area contributed by atoms with Gasteiger partial charge >= 0.3 is 0 Å². The van der Waals surface area contributed by atoms with Crippen molar-refractivity contribution in [1.29, 1.82) is 0 Å². The van der Waals surface area contributed by atoms with Crippen LogP contribution in [0.4, 0.5) is 11.4 Å². The van der Waals surface area contributed by atoms with Crippen molar-refractivity contribution in [2.45, 2.75) is 6.92 Å². The minimum Gasteiger partial charge on any atom is -0.508 e. The number of aryl methyl sites for hydroxylation is 1. The summed E-state index contributed by atoms with van der Waals surface area (Å²) in [7, 11) is 0. The number of nitrogens with zero attached hydrogens (tertiary/aromatic N) is 1. The number of aromatic hydroxyl groups is 1. The molecule has 0 bridgehead atoms. The van der Waals surface area contributed by atoms with Crippen molar-refractivity contribution in [3.63, 3.8) is 0 Å². The molecule has 19 heavy (non-hydrogen) atoms. The Labute approximate surface area is 111 Å². The normalized spacial score (nSPS) is 10.6. The summed E-state index contributed by atoms with van der Waals surface area (Å²) in [5.74, 6) is 0.265.